The molecular weight excluding hydrogens is 272 g/mol. The zero-order chi connectivity index (χ0) is 16.0. The van der Waals surface area contributed by atoms with Gasteiger partial charge in [0.1, 0.15) is 0 Å². The van der Waals surface area contributed by atoms with Crippen LogP contribution in [-0.2, 0) is 6.54 Å². The molecule has 1 aromatic carbocycles. The number of nitrogens with one attached hydrogen (secondary N) is 1. The summed E-state index contributed by atoms with van der Waals surface area (Å²) in [4.78, 5) is 13.5. The smallest absolute Gasteiger partial charge is 0.317 e. The van der Waals surface area contributed by atoms with Gasteiger partial charge in [-0.05, 0) is 31.5 Å². The summed E-state index contributed by atoms with van der Waals surface area (Å²) < 4.78 is 15.9. The van der Waals surface area contributed by atoms with E-state index in [2.05, 4.69) is 5.32 Å². The van der Waals surface area contributed by atoms with Gasteiger partial charge in [0.15, 0.2) is 11.5 Å². The van der Waals surface area contributed by atoms with Crippen LogP contribution >= 0.6 is 0 Å². The summed E-state index contributed by atoms with van der Waals surface area (Å²) in [5.41, 5.74) is 0.894. The number of amides is 2. The van der Waals surface area contributed by atoms with E-state index in [0.717, 1.165) is 5.56 Å². The molecule has 0 spiro atoms. The summed E-state index contributed by atoms with van der Waals surface area (Å²) in [5.74, 6) is 1.69. The molecule has 1 aromatic rings. The highest BCUT2D eigenvalue weighted by Gasteiger charge is 2.16. The van der Waals surface area contributed by atoms with E-state index >= 15 is 0 Å². The molecule has 6 heteroatoms. The maximum atomic E-state index is 11.9. The van der Waals surface area contributed by atoms with Gasteiger partial charge in [0.25, 0.3) is 0 Å². The lowest BCUT2D eigenvalue weighted by Gasteiger charge is -2.21. The minimum Gasteiger partial charge on any atom is -0.493 e. The average Bonchev–Trinajstić information content (AvgIpc) is 2.45. The molecule has 0 fully saturated rings. The second kappa shape index (κ2) is 7.61. The first-order valence-electron chi connectivity index (χ1n) is 6.73. The van der Waals surface area contributed by atoms with Gasteiger partial charge in [-0.3, -0.25) is 0 Å². The van der Waals surface area contributed by atoms with Gasteiger partial charge in [0.2, 0.25) is 5.75 Å². The van der Waals surface area contributed by atoms with Crippen LogP contribution in [0.4, 0.5) is 4.79 Å². The Balaban J connectivity index is 2.96. The molecule has 0 saturated heterocycles. The molecule has 0 atom stereocenters. The van der Waals surface area contributed by atoms with Crippen molar-refractivity contribution in [3.05, 3.63) is 17.7 Å². The Kier molecular flexibility index (Phi) is 6.14. The minimum absolute atomic E-state index is 0.0971. The maximum Gasteiger partial charge on any atom is 0.317 e. The topological polar surface area (TPSA) is 60.0 Å². The monoisotopic (exact) mass is 296 g/mol. The quantitative estimate of drug-likeness (QED) is 0.875. The highest BCUT2D eigenvalue weighted by atomic mass is 16.5. The Bertz CT molecular complexity index is 464. The molecule has 0 radical (unpaired) electrons. The Morgan fingerprint density at radius 1 is 1.14 bits per heavy atom. The minimum atomic E-state index is -0.126. The first-order chi connectivity index (χ1) is 9.92. The molecule has 0 aliphatic carbocycles. The Morgan fingerprint density at radius 2 is 1.67 bits per heavy atom. The second-order valence-electron chi connectivity index (χ2n) is 4.99. The van der Waals surface area contributed by atoms with E-state index in [1.807, 2.05) is 26.0 Å². The molecule has 2 amide bonds. The molecule has 0 aromatic heterocycles. The Labute approximate surface area is 126 Å². The van der Waals surface area contributed by atoms with Crippen LogP contribution in [0.25, 0.3) is 0 Å². The summed E-state index contributed by atoms with van der Waals surface area (Å²) in [6.45, 7) is 4.28. The van der Waals surface area contributed by atoms with Crippen LogP contribution in [-0.4, -0.2) is 45.3 Å². The van der Waals surface area contributed by atoms with Crippen LogP contribution in [0.5, 0.6) is 17.2 Å². The van der Waals surface area contributed by atoms with E-state index in [9.17, 15) is 4.79 Å². The van der Waals surface area contributed by atoms with E-state index < -0.39 is 0 Å². The summed E-state index contributed by atoms with van der Waals surface area (Å²) in [5, 5.41) is 2.84. The number of rotatable bonds is 6. The molecule has 1 N–H and O–H groups in total. The molecular formula is C15H24N2O4. The van der Waals surface area contributed by atoms with Crippen molar-refractivity contribution in [2.45, 2.75) is 26.4 Å². The Morgan fingerprint density at radius 3 is 2.05 bits per heavy atom. The highest BCUT2D eigenvalue weighted by molar-refractivity contribution is 5.74. The van der Waals surface area contributed by atoms with Gasteiger partial charge in [-0.15, -0.1) is 0 Å². The third-order valence-corrected chi connectivity index (χ3v) is 2.90. The standard InChI is InChI=1S/C15H24N2O4/c1-10(2)16-15(18)17(3)9-11-7-12(19-4)14(21-6)13(8-11)20-5/h7-8,10H,9H2,1-6H3,(H,16,18). The van der Waals surface area contributed by atoms with Crippen LogP contribution < -0.4 is 19.5 Å². The predicted octanol–water partition coefficient (Wildman–Crippen LogP) is 2.26. The zero-order valence-corrected chi connectivity index (χ0v) is 13.5. The number of urea groups is 1. The van der Waals surface area contributed by atoms with Crippen LogP contribution in [0.15, 0.2) is 12.1 Å². The fourth-order valence-corrected chi connectivity index (χ4v) is 1.93. The predicted molar refractivity (Wildman–Crippen MR) is 81.2 cm³/mol. The van der Waals surface area contributed by atoms with E-state index in [0.29, 0.717) is 23.8 Å². The van der Waals surface area contributed by atoms with Crippen molar-refractivity contribution < 1.29 is 19.0 Å². The number of hydrogen-bond donors (Lipinski definition) is 1. The molecule has 0 saturated carbocycles. The molecule has 0 bridgehead atoms. The molecule has 21 heavy (non-hydrogen) atoms. The average molecular weight is 296 g/mol. The summed E-state index contributed by atoms with van der Waals surface area (Å²) >= 11 is 0. The number of ether oxygens (including phenoxy) is 3. The fraction of sp³-hybridized carbons (Fsp3) is 0.533. The highest BCUT2D eigenvalue weighted by Crippen LogP contribution is 2.38. The van der Waals surface area contributed by atoms with Crippen molar-refractivity contribution in [3.8, 4) is 17.2 Å². The molecule has 6 nitrogen and oxygen atoms in total. The van der Waals surface area contributed by atoms with Gasteiger partial charge in [-0.2, -0.15) is 0 Å². The number of methoxy groups -OCH3 is 3. The van der Waals surface area contributed by atoms with Gasteiger partial charge >= 0.3 is 6.03 Å². The lowest BCUT2D eigenvalue weighted by Crippen LogP contribution is -2.40. The summed E-state index contributed by atoms with van der Waals surface area (Å²) in [7, 11) is 6.43. The van der Waals surface area contributed by atoms with Gasteiger partial charge < -0.3 is 24.4 Å². The number of benzene rings is 1. The van der Waals surface area contributed by atoms with E-state index in [4.69, 9.17) is 14.2 Å². The fourth-order valence-electron chi connectivity index (χ4n) is 1.93. The van der Waals surface area contributed by atoms with Crippen molar-refractivity contribution >= 4 is 6.03 Å². The van der Waals surface area contributed by atoms with Crippen LogP contribution in [0, 0.1) is 0 Å². The SMILES string of the molecule is COc1cc(CN(C)C(=O)NC(C)C)cc(OC)c1OC. The second-order valence-corrected chi connectivity index (χ2v) is 4.99. The van der Waals surface area contributed by atoms with Gasteiger partial charge in [-0.1, -0.05) is 0 Å². The van der Waals surface area contributed by atoms with Crippen molar-refractivity contribution in [2.75, 3.05) is 28.4 Å². The first kappa shape index (κ1) is 16.9. The number of carbonyl (C=O) groups is 1. The lowest BCUT2D eigenvalue weighted by atomic mass is 10.1. The molecule has 0 heterocycles. The van der Waals surface area contributed by atoms with Crippen molar-refractivity contribution in [3.63, 3.8) is 0 Å². The third kappa shape index (κ3) is 4.44. The van der Waals surface area contributed by atoms with Crippen LogP contribution in [0.1, 0.15) is 19.4 Å². The van der Waals surface area contributed by atoms with E-state index in [1.165, 1.54) is 0 Å². The van der Waals surface area contributed by atoms with E-state index in [-0.39, 0.29) is 12.1 Å². The Hall–Kier alpha value is -2.11. The van der Waals surface area contributed by atoms with Gasteiger partial charge in [0, 0.05) is 19.6 Å². The first-order valence-corrected chi connectivity index (χ1v) is 6.73. The van der Waals surface area contributed by atoms with Crippen molar-refractivity contribution in [2.24, 2.45) is 0 Å². The molecule has 0 aliphatic heterocycles. The summed E-state index contributed by atoms with van der Waals surface area (Å²) in [6, 6.07) is 3.64. The summed E-state index contributed by atoms with van der Waals surface area (Å²) in [6.07, 6.45) is 0. The van der Waals surface area contributed by atoms with E-state index in [1.54, 1.807) is 33.3 Å². The normalized spacial score (nSPS) is 10.2. The largest absolute Gasteiger partial charge is 0.493 e. The molecule has 0 aliphatic rings. The van der Waals surface area contributed by atoms with Crippen molar-refractivity contribution in [1.82, 2.24) is 10.2 Å². The molecule has 1 rings (SSSR count). The van der Waals surface area contributed by atoms with Gasteiger partial charge in [-0.25, -0.2) is 4.79 Å². The number of nitrogens with zero attached hydrogens (tertiary/aromatic N) is 1. The third-order valence-electron chi connectivity index (χ3n) is 2.90. The molecule has 118 valence electrons. The molecule has 0 unspecified atom stereocenters. The number of hydrogen-bond acceptors (Lipinski definition) is 4. The maximum absolute atomic E-state index is 11.9. The zero-order valence-electron chi connectivity index (χ0n) is 13.5. The lowest BCUT2D eigenvalue weighted by molar-refractivity contribution is 0.204. The van der Waals surface area contributed by atoms with Crippen LogP contribution in [0.2, 0.25) is 0 Å². The van der Waals surface area contributed by atoms with Gasteiger partial charge in [0.05, 0.1) is 21.3 Å². The van der Waals surface area contributed by atoms with Crippen LogP contribution in [0.3, 0.4) is 0 Å². The number of carbonyl (C=O) groups excluding carboxylic acids is 1. The van der Waals surface area contributed by atoms with Crippen molar-refractivity contribution in [1.29, 1.82) is 0 Å².